The quantitative estimate of drug-likeness (QED) is 0.688. The number of rotatable bonds is 6. The summed E-state index contributed by atoms with van der Waals surface area (Å²) in [5.74, 6) is -1.03. The van der Waals surface area contributed by atoms with Crippen molar-refractivity contribution in [1.82, 2.24) is 4.31 Å². The molecule has 1 fully saturated rings. The van der Waals surface area contributed by atoms with E-state index in [1.165, 1.54) is 23.5 Å². The Kier molecular flexibility index (Phi) is 6.00. The van der Waals surface area contributed by atoms with Crippen molar-refractivity contribution in [3.8, 4) is 5.75 Å². The number of carbonyl (C=O) groups excluding carboxylic acids is 1. The Morgan fingerprint density at radius 1 is 1.21 bits per heavy atom. The van der Waals surface area contributed by atoms with Gasteiger partial charge in [-0.1, -0.05) is 12.1 Å². The molecular weight excluding hydrogens is 385 g/mol. The first-order chi connectivity index (χ1) is 13.4. The van der Waals surface area contributed by atoms with Crippen LogP contribution in [0.4, 0.5) is 4.39 Å². The molecule has 28 heavy (non-hydrogen) atoms. The molecule has 6 nitrogen and oxygen atoms in total. The Balaban J connectivity index is 2.05. The van der Waals surface area contributed by atoms with Crippen molar-refractivity contribution in [1.29, 1.82) is 0 Å². The summed E-state index contributed by atoms with van der Waals surface area (Å²) in [5, 5.41) is 0. The number of methoxy groups -OCH3 is 1. The molecule has 2 atom stereocenters. The van der Waals surface area contributed by atoms with Crippen LogP contribution in [0.25, 0.3) is 0 Å². The lowest BCUT2D eigenvalue weighted by Crippen LogP contribution is -2.34. The number of hydrogen-bond acceptors (Lipinski definition) is 5. The Bertz CT molecular complexity index is 945. The summed E-state index contributed by atoms with van der Waals surface area (Å²) in [4.78, 5) is 12.5. The van der Waals surface area contributed by atoms with Gasteiger partial charge in [-0.05, 0) is 55.3 Å². The summed E-state index contributed by atoms with van der Waals surface area (Å²) in [6, 6.07) is 10.9. The standard InChI is InChI=1S/C20H22FNO5S/c1-3-27-20(23)18-11-12-22(19(18)14-5-4-6-16(13-14)26-2)28(24,25)17-9-7-15(21)8-10-17/h4-10,13,18-19H,3,11-12H2,1-2H3. The summed E-state index contributed by atoms with van der Waals surface area (Å²) in [7, 11) is -2.42. The van der Waals surface area contributed by atoms with Gasteiger partial charge < -0.3 is 9.47 Å². The van der Waals surface area contributed by atoms with E-state index in [0.717, 1.165) is 12.1 Å². The van der Waals surface area contributed by atoms with Crippen LogP contribution in [0.1, 0.15) is 24.9 Å². The molecule has 2 aromatic carbocycles. The zero-order valence-corrected chi connectivity index (χ0v) is 16.5. The lowest BCUT2D eigenvalue weighted by atomic mass is 9.94. The van der Waals surface area contributed by atoms with Gasteiger partial charge in [-0.15, -0.1) is 0 Å². The fourth-order valence-corrected chi connectivity index (χ4v) is 5.16. The van der Waals surface area contributed by atoms with Crippen LogP contribution >= 0.6 is 0 Å². The third-order valence-corrected chi connectivity index (χ3v) is 6.69. The second kappa shape index (κ2) is 8.28. The number of sulfonamides is 1. The maximum atomic E-state index is 13.2. The number of carbonyl (C=O) groups is 1. The molecule has 1 heterocycles. The van der Waals surface area contributed by atoms with Gasteiger partial charge in [-0.25, -0.2) is 12.8 Å². The van der Waals surface area contributed by atoms with Gasteiger partial charge in [0, 0.05) is 6.54 Å². The third-order valence-electron chi connectivity index (χ3n) is 4.80. The predicted octanol–water partition coefficient (Wildman–Crippen LogP) is 3.15. The van der Waals surface area contributed by atoms with Gasteiger partial charge in [0.05, 0.1) is 30.6 Å². The van der Waals surface area contributed by atoms with Gasteiger partial charge in [0.1, 0.15) is 11.6 Å². The van der Waals surface area contributed by atoms with Crippen molar-refractivity contribution < 1.29 is 27.1 Å². The number of nitrogens with zero attached hydrogens (tertiary/aromatic N) is 1. The predicted molar refractivity (Wildman–Crippen MR) is 101 cm³/mol. The van der Waals surface area contributed by atoms with Crippen LogP contribution in [-0.2, 0) is 19.6 Å². The Hall–Kier alpha value is -2.45. The first-order valence-corrected chi connectivity index (χ1v) is 10.4. The normalized spacial score (nSPS) is 20.1. The largest absolute Gasteiger partial charge is 0.497 e. The van der Waals surface area contributed by atoms with E-state index in [0.29, 0.717) is 17.7 Å². The van der Waals surface area contributed by atoms with Crippen LogP contribution in [0, 0.1) is 11.7 Å². The fourth-order valence-electron chi connectivity index (χ4n) is 3.50. The Morgan fingerprint density at radius 3 is 2.57 bits per heavy atom. The van der Waals surface area contributed by atoms with Gasteiger partial charge in [-0.2, -0.15) is 4.31 Å². The molecular formula is C20H22FNO5S. The molecule has 0 bridgehead atoms. The van der Waals surface area contributed by atoms with Gasteiger partial charge in [-0.3, -0.25) is 4.79 Å². The van der Waals surface area contributed by atoms with Crippen molar-refractivity contribution >= 4 is 16.0 Å². The average Bonchev–Trinajstić information content (AvgIpc) is 3.15. The molecule has 2 unspecified atom stereocenters. The second-order valence-electron chi connectivity index (χ2n) is 6.44. The van der Waals surface area contributed by atoms with Crippen molar-refractivity contribution in [2.24, 2.45) is 5.92 Å². The minimum Gasteiger partial charge on any atom is -0.497 e. The molecule has 1 saturated heterocycles. The number of esters is 1. The van der Waals surface area contributed by atoms with E-state index in [9.17, 15) is 17.6 Å². The molecule has 1 aliphatic heterocycles. The Labute approximate surface area is 163 Å². The summed E-state index contributed by atoms with van der Waals surface area (Å²) < 4.78 is 51.4. The van der Waals surface area contributed by atoms with E-state index in [4.69, 9.17) is 9.47 Å². The topological polar surface area (TPSA) is 72.9 Å². The SMILES string of the molecule is CCOC(=O)C1CCN(S(=O)(=O)c2ccc(F)cc2)C1c1cccc(OC)c1. The van der Waals surface area contributed by atoms with Crippen molar-refractivity contribution in [2.45, 2.75) is 24.3 Å². The van der Waals surface area contributed by atoms with Gasteiger partial charge in [0.15, 0.2) is 0 Å². The highest BCUT2D eigenvalue weighted by atomic mass is 32.2. The lowest BCUT2D eigenvalue weighted by molar-refractivity contribution is -0.148. The van der Waals surface area contributed by atoms with Crippen molar-refractivity contribution in [2.75, 3.05) is 20.3 Å². The zero-order chi connectivity index (χ0) is 20.3. The van der Waals surface area contributed by atoms with E-state index in [1.54, 1.807) is 31.2 Å². The van der Waals surface area contributed by atoms with E-state index in [1.807, 2.05) is 0 Å². The van der Waals surface area contributed by atoms with E-state index in [-0.39, 0.29) is 18.0 Å². The van der Waals surface area contributed by atoms with Crippen LogP contribution in [0.15, 0.2) is 53.4 Å². The molecule has 1 aliphatic rings. The molecule has 0 amide bonds. The van der Waals surface area contributed by atoms with E-state index in [2.05, 4.69) is 0 Å². The van der Waals surface area contributed by atoms with Crippen LogP contribution in [-0.4, -0.2) is 39.0 Å². The lowest BCUT2D eigenvalue weighted by Gasteiger charge is -2.27. The summed E-state index contributed by atoms with van der Waals surface area (Å²) in [6.07, 6.45) is 0.334. The van der Waals surface area contributed by atoms with Crippen LogP contribution in [0.3, 0.4) is 0 Å². The molecule has 0 aliphatic carbocycles. The highest BCUT2D eigenvalue weighted by molar-refractivity contribution is 7.89. The van der Waals surface area contributed by atoms with E-state index < -0.39 is 33.8 Å². The van der Waals surface area contributed by atoms with Gasteiger partial charge >= 0.3 is 5.97 Å². The number of halogens is 1. The van der Waals surface area contributed by atoms with Gasteiger partial charge in [0.2, 0.25) is 10.0 Å². The minimum absolute atomic E-state index is 0.0219. The molecule has 0 aromatic heterocycles. The van der Waals surface area contributed by atoms with Crippen LogP contribution in [0.5, 0.6) is 5.75 Å². The smallest absolute Gasteiger partial charge is 0.310 e. The number of benzene rings is 2. The minimum atomic E-state index is -3.94. The van der Waals surface area contributed by atoms with Crippen molar-refractivity contribution in [3.63, 3.8) is 0 Å². The summed E-state index contributed by atoms with van der Waals surface area (Å²) in [5.41, 5.74) is 0.639. The van der Waals surface area contributed by atoms with Crippen LogP contribution in [0.2, 0.25) is 0 Å². The number of ether oxygens (including phenoxy) is 2. The summed E-state index contributed by atoms with van der Waals surface area (Å²) in [6.45, 7) is 2.08. The maximum Gasteiger partial charge on any atom is 0.310 e. The molecule has 0 saturated carbocycles. The maximum absolute atomic E-state index is 13.2. The zero-order valence-electron chi connectivity index (χ0n) is 15.7. The first kappa shape index (κ1) is 20.3. The highest BCUT2D eigenvalue weighted by Gasteiger charge is 2.46. The molecule has 2 aromatic rings. The van der Waals surface area contributed by atoms with Gasteiger partial charge in [0.25, 0.3) is 0 Å². The average molecular weight is 407 g/mol. The molecule has 3 rings (SSSR count). The molecule has 0 N–H and O–H groups in total. The third kappa shape index (κ3) is 3.88. The van der Waals surface area contributed by atoms with Crippen molar-refractivity contribution in [3.05, 3.63) is 59.9 Å². The fraction of sp³-hybridized carbons (Fsp3) is 0.350. The van der Waals surface area contributed by atoms with E-state index >= 15 is 0 Å². The molecule has 8 heteroatoms. The molecule has 0 spiro atoms. The first-order valence-electron chi connectivity index (χ1n) is 8.96. The monoisotopic (exact) mass is 407 g/mol. The Morgan fingerprint density at radius 2 is 1.93 bits per heavy atom. The second-order valence-corrected chi connectivity index (χ2v) is 8.33. The molecule has 0 radical (unpaired) electrons. The number of hydrogen-bond donors (Lipinski definition) is 0. The summed E-state index contributed by atoms with van der Waals surface area (Å²) >= 11 is 0. The highest BCUT2D eigenvalue weighted by Crippen LogP contribution is 2.42. The van der Waals surface area contributed by atoms with Crippen LogP contribution < -0.4 is 4.74 Å². The molecule has 150 valence electrons.